The molecule has 2 aromatic rings. The second-order valence-electron chi connectivity index (χ2n) is 7.86. The van der Waals surface area contributed by atoms with Gasteiger partial charge in [0.2, 0.25) is 0 Å². The number of amides is 1. The highest BCUT2D eigenvalue weighted by Gasteiger charge is 2.48. The second-order valence-corrected chi connectivity index (χ2v) is 8.70. The van der Waals surface area contributed by atoms with Gasteiger partial charge >= 0.3 is 0 Å². The Kier molecular flexibility index (Phi) is 5.60. The summed E-state index contributed by atoms with van der Waals surface area (Å²) in [5.41, 5.74) is 1.98. The molecule has 0 aromatic heterocycles. The molecule has 0 unspecified atom stereocenters. The van der Waals surface area contributed by atoms with Crippen LogP contribution in [0.25, 0.3) is 16.7 Å². The molecule has 2 aromatic carbocycles. The Morgan fingerprint density at radius 1 is 1.10 bits per heavy atom. The molecule has 6 heteroatoms. The van der Waals surface area contributed by atoms with Crippen molar-refractivity contribution in [2.24, 2.45) is 5.92 Å². The van der Waals surface area contributed by atoms with Crippen molar-refractivity contribution >= 4 is 34.7 Å². The normalized spacial score (nSPS) is 24.2. The first-order valence-corrected chi connectivity index (χ1v) is 10.5. The van der Waals surface area contributed by atoms with Crippen LogP contribution in [0.2, 0.25) is 10.0 Å². The summed E-state index contributed by atoms with van der Waals surface area (Å²) in [5.74, 6) is 0.285. The Morgan fingerprint density at radius 2 is 1.76 bits per heavy atom. The first kappa shape index (κ1) is 20.3. The zero-order valence-electron chi connectivity index (χ0n) is 16.2. The van der Waals surface area contributed by atoms with E-state index in [1.165, 1.54) is 0 Å². The van der Waals surface area contributed by atoms with Crippen LogP contribution in [0.15, 0.2) is 48.2 Å². The summed E-state index contributed by atoms with van der Waals surface area (Å²) in [5, 5.41) is 15.3. The third-order valence-electron chi connectivity index (χ3n) is 6.04. The van der Waals surface area contributed by atoms with Gasteiger partial charge in [0.05, 0.1) is 11.1 Å². The van der Waals surface area contributed by atoms with Gasteiger partial charge in [-0.15, -0.1) is 0 Å². The van der Waals surface area contributed by atoms with Crippen LogP contribution >= 0.6 is 23.2 Å². The maximum absolute atomic E-state index is 12.9. The quantitative estimate of drug-likeness (QED) is 0.658. The van der Waals surface area contributed by atoms with Gasteiger partial charge in [0, 0.05) is 29.3 Å². The van der Waals surface area contributed by atoms with Crippen LogP contribution in [-0.2, 0) is 9.53 Å². The molecule has 2 aliphatic rings. The highest BCUT2D eigenvalue weighted by Crippen LogP contribution is 2.44. The lowest BCUT2D eigenvalue weighted by Gasteiger charge is -2.37. The molecule has 1 amide bonds. The maximum Gasteiger partial charge on any atom is 0.256 e. The number of carbonyl (C=O) groups is 1. The summed E-state index contributed by atoms with van der Waals surface area (Å²) < 4.78 is 5.26. The SMILES string of the molecule is COCC1CCC2(CC1)NC(=O)C(c1cc(-c3ccc(Cl)cc3)ccc1Cl)=C2O. The van der Waals surface area contributed by atoms with Gasteiger partial charge in [0.1, 0.15) is 5.76 Å². The van der Waals surface area contributed by atoms with Gasteiger partial charge in [-0.2, -0.15) is 0 Å². The Morgan fingerprint density at radius 3 is 2.41 bits per heavy atom. The van der Waals surface area contributed by atoms with Crippen molar-refractivity contribution in [3.63, 3.8) is 0 Å². The molecule has 0 atom stereocenters. The van der Waals surface area contributed by atoms with E-state index < -0.39 is 5.54 Å². The zero-order valence-corrected chi connectivity index (χ0v) is 17.7. The Labute approximate surface area is 180 Å². The molecule has 0 bridgehead atoms. The van der Waals surface area contributed by atoms with E-state index in [4.69, 9.17) is 27.9 Å². The average Bonchev–Trinajstić information content (AvgIpc) is 2.95. The van der Waals surface area contributed by atoms with E-state index in [9.17, 15) is 9.90 Å². The molecule has 1 aliphatic carbocycles. The van der Waals surface area contributed by atoms with Crippen molar-refractivity contribution in [2.75, 3.05) is 13.7 Å². The monoisotopic (exact) mass is 431 g/mol. The maximum atomic E-state index is 12.9. The van der Waals surface area contributed by atoms with Gasteiger partial charge in [-0.1, -0.05) is 41.4 Å². The van der Waals surface area contributed by atoms with Crippen molar-refractivity contribution in [1.29, 1.82) is 0 Å². The van der Waals surface area contributed by atoms with E-state index in [0.717, 1.165) is 24.0 Å². The highest BCUT2D eigenvalue weighted by atomic mass is 35.5. The minimum Gasteiger partial charge on any atom is -0.509 e. The first-order chi connectivity index (χ1) is 13.9. The Balaban J connectivity index is 1.70. The van der Waals surface area contributed by atoms with Crippen molar-refractivity contribution in [3.05, 3.63) is 63.8 Å². The lowest BCUT2D eigenvalue weighted by atomic mass is 9.76. The zero-order chi connectivity index (χ0) is 20.6. The van der Waals surface area contributed by atoms with Gasteiger partial charge in [-0.3, -0.25) is 4.79 Å². The number of rotatable bonds is 4. The minimum atomic E-state index is -0.698. The van der Waals surface area contributed by atoms with Crippen molar-refractivity contribution in [2.45, 2.75) is 31.2 Å². The van der Waals surface area contributed by atoms with E-state index in [-0.39, 0.29) is 17.2 Å². The Hall–Kier alpha value is -2.01. The number of carbonyl (C=O) groups excluding carboxylic acids is 1. The van der Waals surface area contributed by atoms with Gasteiger partial charge in [-0.25, -0.2) is 0 Å². The van der Waals surface area contributed by atoms with Crippen molar-refractivity contribution in [1.82, 2.24) is 5.32 Å². The summed E-state index contributed by atoms with van der Waals surface area (Å²) >= 11 is 12.4. The molecule has 1 saturated carbocycles. The molecule has 1 heterocycles. The van der Waals surface area contributed by atoms with Crippen LogP contribution in [-0.4, -0.2) is 30.3 Å². The van der Waals surface area contributed by atoms with Gasteiger partial charge in [-0.05, 0) is 67.0 Å². The number of methoxy groups -OCH3 is 1. The third kappa shape index (κ3) is 3.77. The largest absolute Gasteiger partial charge is 0.509 e. The van der Waals surface area contributed by atoms with Gasteiger partial charge in [0.15, 0.2) is 0 Å². The summed E-state index contributed by atoms with van der Waals surface area (Å²) in [7, 11) is 1.70. The van der Waals surface area contributed by atoms with Crippen molar-refractivity contribution < 1.29 is 14.6 Å². The van der Waals surface area contributed by atoms with E-state index in [1.54, 1.807) is 13.2 Å². The fourth-order valence-electron chi connectivity index (χ4n) is 4.41. The fourth-order valence-corrected chi connectivity index (χ4v) is 4.75. The molecule has 4 nitrogen and oxygen atoms in total. The van der Waals surface area contributed by atoms with Crippen LogP contribution in [0.4, 0.5) is 0 Å². The number of hydrogen-bond acceptors (Lipinski definition) is 3. The number of nitrogens with one attached hydrogen (secondary N) is 1. The fraction of sp³-hybridized carbons (Fsp3) is 0.348. The topological polar surface area (TPSA) is 58.6 Å². The number of halogens is 2. The van der Waals surface area contributed by atoms with Crippen LogP contribution in [0.1, 0.15) is 31.2 Å². The molecule has 1 spiro atoms. The standard InChI is InChI=1S/C23H23Cl2NO3/c1-29-13-14-8-10-23(11-9-14)21(27)20(22(28)26-23)18-12-16(4-7-19(18)25)15-2-5-17(24)6-3-15/h2-7,12,14,27H,8-11,13H2,1H3,(H,26,28). The smallest absolute Gasteiger partial charge is 0.256 e. The third-order valence-corrected chi connectivity index (χ3v) is 6.63. The number of hydrogen-bond donors (Lipinski definition) is 2. The van der Waals surface area contributed by atoms with E-state index in [2.05, 4.69) is 5.32 Å². The molecule has 4 rings (SSSR count). The summed E-state index contributed by atoms with van der Waals surface area (Å²) in [6.07, 6.45) is 3.17. The predicted octanol–water partition coefficient (Wildman–Crippen LogP) is 5.63. The lowest BCUT2D eigenvalue weighted by molar-refractivity contribution is -0.116. The highest BCUT2D eigenvalue weighted by molar-refractivity contribution is 6.36. The van der Waals surface area contributed by atoms with Crippen LogP contribution < -0.4 is 5.32 Å². The van der Waals surface area contributed by atoms with Gasteiger partial charge in [0.25, 0.3) is 5.91 Å². The van der Waals surface area contributed by atoms with Crippen LogP contribution in [0.5, 0.6) is 0 Å². The predicted molar refractivity (Wildman–Crippen MR) is 116 cm³/mol. The number of ether oxygens (including phenoxy) is 1. The Bertz CT molecular complexity index is 961. The summed E-state index contributed by atoms with van der Waals surface area (Å²) in [6, 6.07) is 13.0. The minimum absolute atomic E-state index is 0.105. The molecule has 2 N–H and O–H groups in total. The first-order valence-electron chi connectivity index (χ1n) is 9.74. The van der Waals surface area contributed by atoms with Crippen LogP contribution in [0.3, 0.4) is 0 Å². The summed E-state index contributed by atoms with van der Waals surface area (Å²) in [4.78, 5) is 12.9. The lowest BCUT2D eigenvalue weighted by Crippen LogP contribution is -2.47. The molecule has 0 saturated heterocycles. The summed E-state index contributed by atoms with van der Waals surface area (Å²) in [6.45, 7) is 0.705. The van der Waals surface area contributed by atoms with E-state index in [0.29, 0.717) is 41.0 Å². The molecule has 1 aliphatic heterocycles. The van der Waals surface area contributed by atoms with Gasteiger partial charge < -0.3 is 15.2 Å². The molecular weight excluding hydrogens is 409 g/mol. The van der Waals surface area contributed by atoms with E-state index >= 15 is 0 Å². The molecule has 152 valence electrons. The molecule has 29 heavy (non-hydrogen) atoms. The molecule has 0 radical (unpaired) electrons. The number of benzene rings is 2. The average molecular weight is 432 g/mol. The second kappa shape index (κ2) is 8.02. The molecular formula is C23H23Cl2NO3. The number of aliphatic hydroxyl groups is 1. The van der Waals surface area contributed by atoms with Crippen molar-refractivity contribution in [3.8, 4) is 11.1 Å². The molecule has 1 fully saturated rings. The van der Waals surface area contributed by atoms with E-state index in [1.807, 2.05) is 36.4 Å². The number of aliphatic hydroxyl groups excluding tert-OH is 1. The van der Waals surface area contributed by atoms with Crippen LogP contribution in [0, 0.1) is 5.92 Å².